The molecular weight excluding hydrogens is 304 g/mol. The van der Waals surface area contributed by atoms with Crippen molar-refractivity contribution in [3.8, 4) is 0 Å². The van der Waals surface area contributed by atoms with Crippen molar-refractivity contribution in [2.45, 2.75) is 45.6 Å². The second-order valence-corrected chi connectivity index (χ2v) is 6.99. The highest BCUT2D eigenvalue weighted by Crippen LogP contribution is 2.43. The number of hydrogen-bond donors (Lipinski definition) is 2. The molecule has 1 aromatic heterocycles. The highest BCUT2D eigenvalue weighted by atomic mass is 16.4. The fraction of sp³-hybridized carbons (Fsp3) is 0.450. The molecular formula is C20H26O4. The van der Waals surface area contributed by atoms with Gasteiger partial charge in [-0.2, -0.15) is 0 Å². The zero-order valence-electron chi connectivity index (χ0n) is 14.4. The maximum atomic E-state index is 11.3. The first kappa shape index (κ1) is 18.3. The molecule has 3 atom stereocenters. The van der Waals surface area contributed by atoms with Gasteiger partial charge in [0, 0.05) is 5.56 Å². The van der Waals surface area contributed by atoms with Crippen molar-refractivity contribution in [1.29, 1.82) is 0 Å². The molecule has 1 heterocycles. The lowest BCUT2D eigenvalue weighted by Gasteiger charge is -2.37. The van der Waals surface area contributed by atoms with Crippen LogP contribution in [0.3, 0.4) is 0 Å². The first-order chi connectivity index (χ1) is 11.3. The maximum absolute atomic E-state index is 11.3. The summed E-state index contributed by atoms with van der Waals surface area (Å²) in [6.07, 6.45) is 10.9. The van der Waals surface area contributed by atoms with Crippen molar-refractivity contribution in [3.05, 3.63) is 60.1 Å². The Morgan fingerprint density at radius 2 is 2.29 bits per heavy atom. The first-order valence-electron chi connectivity index (χ1n) is 8.32. The van der Waals surface area contributed by atoms with Gasteiger partial charge in [-0.25, -0.2) is 4.79 Å². The van der Waals surface area contributed by atoms with Crippen LogP contribution in [-0.4, -0.2) is 16.2 Å². The maximum Gasteiger partial charge on any atom is 0.335 e. The third-order valence-corrected chi connectivity index (χ3v) is 5.25. The Labute approximate surface area is 143 Å². The smallest absolute Gasteiger partial charge is 0.335 e. The van der Waals surface area contributed by atoms with Gasteiger partial charge >= 0.3 is 5.97 Å². The summed E-state index contributed by atoms with van der Waals surface area (Å²) >= 11 is 0. The van der Waals surface area contributed by atoms with Crippen LogP contribution in [0.1, 0.15) is 51.2 Å². The van der Waals surface area contributed by atoms with E-state index in [1.807, 2.05) is 6.08 Å². The molecule has 130 valence electrons. The van der Waals surface area contributed by atoms with E-state index in [2.05, 4.69) is 20.4 Å². The summed E-state index contributed by atoms with van der Waals surface area (Å²) in [4.78, 5) is 11.3. The lowest BCUT2D eigenvalue weighted by Crippen LogP contribution is -2.28. The predicted molar refractivity (Wildman–Crippen MR) is 93.4 cm³/mol. The first-order valence-corrected chi connectivity index (χ1v) is 8.32. The number of carboxylic acid groups (broad SMARTS) is 1. The third-order valence-electron chi connectivity index (χ3n) is 5.25. The predicted octanol–water partition coefficient (Wildman–Crippen LogP) is 4.65. The molecule has 0 spiro atoms. The van der Waals surface area contributed by atoms with Gasteiger partial charge in [0.25, 0.3) is 0 Å². The molecule has 0 unspecified atom stereocenters. The van der Waals surface area contributed by atoms with Gasteiger partial charge in [0.05, 0.1) is 24.2 Å². The fourth-order valence-electron chi connectivity index (χ4n) is 3.23. The van der Waals surface area contributed by atoms with Gasteiger partial charge < -0.3 is 14.6 Å². The Morgan fingerprint density at radius 1 is 1.54 bits per heavy atom. The lowest BCUT2D eigenvalue weighted by molar-refractivity contribution is -0.132. The average Bonchev–Trinajstić information content (AvgIpc) is 3.05. The van der Waals surface area contributed by atoms with E-state index in [-0.39, 0.29) is 11.0 Å². The van der Waals surface area contributed by atoms with Crippen LogP contribution in [0.2, 0.25) is 0 Å². The van der Waals surface area contributed by atoms with Crippen LogP contribution in [-0.2, 0) is 4.79 Å². The van der Waals surface area contributed by atoms with Gasteiger partial charge in [-0.05, 0) is 54.7 Å². The van der Waals surface area contributed by atoms with Crippen LogP contribution in [0.25, 0.3) is 0 Å². The normalized spacial score (nSPS) is 28.0. The Balaban J connectivity index is 2.20. The van der Waals surface area contributed by atoms with Gasteiger partial charge in [0.15, 0.2) is 0 Å². The highest BCUT2D eigenvalue weighted by molar-refractivity contribution is 5.91. The SMILES string of the molecule is C=C1CC[C@@H](C)[C@](C)(C[C@@H](O)c2ccoc2)C/C=C\C=C1C(=O)O. The molecule has 0 saturated carbocycles. The van der Waals surface area contributed by atoms with Crippen molar-refractivity contribution >= 4 is 5.97 Å². The van der Waals surface area contributed by atoms with E-state index in [0.29, 0.717) is 24.3 Å². The molecule has 4 heteroatoms. The summed E-state index contributed by atoms with van der Waals surface area (Å²) in [5, 5.41) is 19.8. The van der Waals surface area contributed by atoms with Crippen LogP contribution < -0.4 is 0 Å². The largest absolute Gasteiger partial charge is 0.478 e. The number of furan rings is 1. The number of aliphatic hydroxyl groups excluding tert-OH is 1. The summed E-state index contributed by atoms with van der Waals surface area (Å²) < 4.78 is 5.07. The summed E-state index contributed by atoms with van der Waals surface area (Å²) in [5.74, 6) is -0.621. The minimum atomic E-state index is -0.934. The van der Waals surface area contributed by atoms with Crippen molar-refractivity contribution in [2.75, 3.05) is 0 Å². The van der Waals surface area contributed by atoms with Gasteiger partial charge in [-0.15, -0.1) is 0 Å². The molecule has 2 rings (SSSR count). The molecule has 0 saturated heterocycles. The van der Waals surface area contributed by atoms with E-state index in [1.165, 1.54) is 0 Å². The standard InChI is InChI=1S/C20H26O4/c1-14-7-8-15(2)20(3,10-5-4-6-17(14)19(22)23)12-18(21)16-9-11-24-13-16/h4-6,9,11,13,15,18,21H,1,7-8,10,12H2,2-3H3,(H,22,23)/b5-4-,17-6?/t15-,18-,20+/m1/s1. The zero-order valence-corrected chi connectivity index (χ0v) is 14.4. The average molecular weight is 330 g/mol. The van der Waals surface area contributed by atoms with E-state index in [9.17, 15) is 15.0 Å². The molecule has 1 aliphatic rings. The molecule has 0 bridgehead atoms. The van der Waals surface area contributed by atoms with Crippen LogP contribution >= 0.6 is 0 Å². The number of aliphatic hydroxyl groups is 1. The molecule has 2 N–H and O–H groups in total. The van der Waals surface area contributed by atoms with Crippen LogP contribution in [0.15, 0.2) is 59.0 Å². The summed E-state index contributed by atoms with van der Waals surface area (Å²) in [6, 6.07) is 1.79. The van der Waals surface area contributed by atoms with E-state index in [0.717, 1.165) is 18.4 Å². The molecule has 24 heavy (non-hydrogen) atoms. The molecule has 0 radical (unpaired) electrons. The second-order valence-electron chi connectivity index (χ2n) is 6.99. The summed E-state index contributed by atoms with van der Waals surface area (Å²) in [5.41, 5.74) is 1.63. The quantitative estimate of drug-likeness (QED) is 0.843. The lowest BCUT2D eigenvalue weighted by atomic mass is 9.68. The van der Waals surface area contributed by atoms with Gasteiger partial charge in [-0.3, -0.25) is 0 Å². The van der Waals surface area contributed by atoms with E-state index in [1.54, 1.807) is 30.7 Å². The molecule has 4 nitrogen and oxygen atoms in total. The van der Waals surface area contributed by atoms with Crippen molar-refractivity contribution < 1.29 is 19.4 Å². The van der Waals surface area contributed by atoms with E-state index < -0.39 is 12.1 Å². The topological polar surface area (TPSA) is 70.7 Å². The van der Waals surface area contributed by atoms with Crippen molar-refractivity contribution in [3.63, 3.8) is 0 Å². The summed E-state index contributed by atoms with van der Waals surface area (Å²) in [6.45, 7) is 8.27. The Bertz CT molecular complexity index is 639. The van der Waals surface area contributed by atoms with E-state index in [4.69, 9.17) is 4.42 Å². The van der Waals surface area contributed by atoms with Gasteiger partial charge in [-0.1, -0.05) is 32.6 Å². The Kier molecular flexibility index (Phi) is 5.84. The van der Waals surface area contributed by atoms with Gasteiger partial charge in [0.2, 0.25) is 0 Å². The Morgan fingerprint density at radius 3 is 2.92 bits per heavy atom. The molecule has 0 aliphatic heterocycles. The number of carbonyl (C=O) groups is 1. The van der Waals surface area contributed by atoms with Crippen LogP contribution in [0.4, 0.5) is 0 Å². The van der Waals surface area contributed by atoms with E-state index >= 15 is 0 Å². The number of carboxylic acids is 1. The number of hydrogen-bond acceptors (Lipinski definition) is 3. The zero-order chi connectivity index (χ0) is 17.7. The monoisotopic (exact) mass is 330 g/mol. The minimum absolute atomic E-state index is 0.0952. The summed E-state index contributed by atoms with van der Waals surface area (Å²) in [7, 11) is 0. The molecule has 1 aliphatic carbocycles. The molecule has 1 aromatic rings. The van der Waals surface area contributed by atoms with Gasteiger partial charge in [0.1, 0.15) is 0 Å². The Hall–Kier alpha value is -2.07. The number of aliphatic carboxylic acids is 1. The molecule has 0 amide bonds. The number of allylic oxidation sites excluding steroid dienone is 3. The highest BCUT2D eigenvalue weighted by Gasteiger charge is 2.33. The van der Waals surface area contributed by atoms with Crippen molar-refractivity contribution in [2.24, 2.45) is 11.3 Å². The second kappa shape index (κ2) is 7.67. The van der Waals surface area contributed by atoms with Crippen molar-refractivity contribution in [1.82, 2.24) is 0 Å². The minimum Gasteiger partial charge on any atom is -0.478 e. The van der Waals surface area contributed by atoms with Crippen LogP contribution in [0.5, 0.6) is 0 Å². The molecule has 0 aromatic carbocycles. The third kappa shape index (κ3) is 4.26. The number of rotatable bonds is 4. The van der Waals surface area contributed by atoms with Crippen LogP contribution in [0, 0.1) is 11.3 Å². The fourth-order valence-corrected chi connectivity index (χ4v) is 3.23. The molecule has 0 fully saturated rings.